The molecule has 0 saturated heterocycles. The van der Waals surface area contributed by atoms with Crippen molar-refractivity contribution in [2.45, 2.75) is 57.6 Å². The first-order chi connectivity index (χ1) is 14.6. The molecule has 1 atom stereocenters. The maximum atomic E-state index is 14.0. The molecule has 170 valence electrons. The van der Waals surface area contributed by atoms with Crippen LogP contribution in [0.1, 0.15) is 39.7 Å². The number of nitrogens with zero attached hydrogens (tertiary/aromatic N) is 1. The molecular weight excluding hydrogens is 423 g/mol. The van der Waals surface area contributed by atoms with E-state index in [2.05, 4.69) is 5.32 Å². The number of methoxy groups -OCH3 is 1. The maximum absolute atomic E-state index is 14.0. The number of hydrogen-bond donors (Lipinski definition) is 1. The van der Waals surface area contributed by atoms with Gasteiger partial charge in [-0.1, -0.05) is 25.1 Å². The van der Waals surface area contributed by atoms with Crippen molar-refractivity contribution in [2.24, 2.45) is 0 Å². The zero-order valence-corrected chi connectivity index (χ0v) is 19.2. The molecule has 0 bridgehead atoms. The van der Waals surface area contributed by atoms with Crippen molar-refractivity contribution in [1.29, 1.82) is 0 Å². The van der Waals surface area contributed by atoms with E-state index in [9.17, 15) is 17.6 Å². The third-order valence-electron chi connectivity index (χ3n) is 4.72. The minimum absolute atomic E-state index is 0.0455. The molecule has 2 amide bonds. The Morgan fingerprint density at radius 2 is 1.81 bits per heavy atom. The highest BCUT2D eigenvalue weighted by atomic mass is 32.2. The van der Waals surface area contributed by atoms with Crippen molar-refractivity contribution in [1.82, 2.24) is 10.2 Å². The van der Waals surface area contributed by atoms with E-state index in [1.165, 1.54) is 25.3 Å². The summed E-state index contributed by atoms with van der Waals surface area (Å²) in [7, 11) is -3.01. The molecule has 1 N–H and O–H groups in total. The van der Waals surface area contributed by atoms with E-state index in [1.54, 1.807) is 23.1 Å². The number of ether oxygens (including phenoxy) is 1. The first-order valence-electron chi connectivity index (χ1n) is 10.0. The molecule has 0 radical (unpaired) electrons. The highest BCUT2D eigenvalue weighted by Crippen LogP contribution is 2.27. The van der Waals surface area contributed by atoms with Crippen molar-refractivity contribution in [3.63, 3.8) is 0 Å². The first-order valence-corrected chi connectivity index (χ1v) is 11.4. The minimum Gasteiger partial charge on any atom is -0.494 e. The Bertz CT molecular complexity index is 1010. The summed E-state index contributed by atoms with van der Waals surface area (Å²) < 4.78 is 49.6. The number of rotatable bonds is 9. The van der Waals surface area contributed by atoms with Gasteiger partial charge in [-0.3, -0.25) is 0 Å². The van der Waals surface area contributed by atoms with Crippen molar-refractivity contribution in [3.8, 4) is 11.5 Å². The van der Waals surface area contributed by atoms with Crippen molar-refractivity contribution in [2.75, 3.05) is 7.11 Å². The fourth-order valence-electron chi connectivity index (χ4n) is 2.85. The summed E-state index contributed by atoms with van der Waals surface area (Å²) >= 11 is 0. The number of carbonyl (C=O) groups excluding carboxylic acids is 1. The van der Waals surface area contributed by atoms with Crippen LogP contribution in [0.15, 0.2) is 47.4 Å². The Morgan fingerprint density at radius 3 is 2.39 bits per heavy atom. The van der Waals surface area contributed by atoms with Gasteiger partial charge in [0.05, 0.1) is 13.7 Å². The number of benzene rings is 2. The van der Waals surface area contributed by atoms with Crippen LogP contribution in [0.3, 0.4) is 0 Å². The number of halogens is 1. The fourth-order valence-corrected chi connectivity index (χ4v) is 3.82. The number of amides is 2. The van der Waals surface area contributed by atoms with Crippen LogP contribution >= 0.6 is 0 Å². The smallest absolute Gasteiger partial charge is 0.339 e. The van der Waals surface area contributed by atoms with Crippen LogP contribution in [0.25, 0.3) is 0 Å². The summed E-state index contributed by atoms with van der Waals surface area (Å²) in [5.41, 5.74) is 0.513. The predicted molar refractivity (Wildman–Crippen MR) is 116 cm³/mol. The molecule has 0 aliphatic carbocycles. The lowest BCUT2D eigenvalue weighted by Gasteiger charge is -2.30. The summed E-state index contributed by atoms with van der Waals surface area (Å²) in [5, 5.41) is 2.86. The lowest BCUT2D eigenvalue weighted by molar-refractivity contribution is 0.170. The lowest BCUT2D eigenvalue weighted by Crippen LogP contribution is -2.46. The van der Waals surface area contributed by atoms with Crippen LogP contribution < -0.4 is 14.2 Å². The third-order valence-corrected chi connectivity index (χ3v) is 5.95. The summed E-state index contributed by atoms with van der Waals surface area (Å²) in [4.78, 5) is 14.0. The Hall–Kier alpha value is -2.81. The highest BCUT2D eigenvalue weighted by molar-refractivity contribution is 7.87. The van der Waals surface area contributed by atoms with Gasteiger partial charge in [-0.25, -0.2) is 9.18 Å². The molecule has 0 spiro atoms. The van der Waals surface area contributed by atoms with Gasteiger partial charge in [0.15, 0.2) is 11.6 Å². The van der Waals surface area contributed by atoms with Crippen LogP contribution in [0.2, 0.25) is 0 Å². The summed E-state index contributed by atoms with van der Waals surface area (Å²) in [6, 6.07) is 9.45. The molecule has 9 heteroatoms. The van der Waals surface area contributed by atoms with Gasteiger partial charge < -0.3 is 19.1 Å². The second-order valence-electron chi connectivity index (χ2n) is 7.43. The molecule has 0 aliphatic heterocycles. The average Bonchev–Trinajstić information content (AvgIpc) is 2.71. The average molecular weight is 453 g/mol. The van der Waals surface area contributed by atoms with Crippen molar-refractivity contribution in [3.05, 3.63) is 53.8 Å². The molecule has 2 rings (SSSR count). The molecule has 1 unspecified atom stereocenters. The molecule has 2 aromatic carbocycles. The quantitative estimate of drug-likeness (QED) is 0.573. The molecular formula is C22H29FN2O5S. The molecule has 2 aromatic rings. The maximum Gasteiger partial charge on any atom is 0.339 e. The highest BCUT2D eigenvalue weighted by Gasteiger charge is 2.24. The monoisotopic (exact) mass is 452 g/mol. The summed E-state index contributed by atoms with van der Waals surface area (Å²) in [6.45, 7) is 7.76. The van der Waals surface area contributed by atoms with Gasteiger partial charge in [0.25, 0.3) is 0 Å². The molecule has 31 heavy (non-hydrogen) atoms. The standard InChI is InChI=1S/C22H29FN2O5S/c1-6-16(4)25(22(26)24-15(2)3)14-17-9-7-8-10-20(17)30-31(27,28)18-11-12-21(29-5)19(23)13-18/h7-13,15-16H,6,14H2,1-5H3,(H,24,26). The van der Waals surface area contributed by atoms with Gasteiger partial charge in [-0.05, 0) is 51.5 Å². The number of urea groups is 1. The van der Waals surface area contributed by atoms with Gasteiger partial charge in [0, 0.05) is 17.6 Å². The largest absolute Gasteiger partial charge is 0.494 e. The van der Waals surface area contributed by atoms with Crippen molar-refractivity contribution >= 4 is 16.1 Å². The van der Waals surface area contributed by atoms with E-state index >= 15 is 0 Å². The molecule has 0 aliphatic rings. The van der Waals surface area contributed by atoms with Gasteiger partial charge in [0.1, 0.15) is 10.6 Å². The zero-order chi connectivity index (χ0) is 23.2. The van der Waals surface area contributed by atoms with Gasteiger partial charge in [-0.2, -0.15) is 8.42 Å². The summed E-state index contributed by atoms with van der Waals surface area (Å²) in [6.07, 6.45) is 0.720. The van der Waals surface area contributed by atoms with Gasteiger partial charge >= 0.3 is 16.1 Å². The van der Waals surface area contributed by atoms with Crippen LogP contribution in [0, 0.1) is 5.82 Å². The normalized spacial score (nSPS) is 12.4. The number of para-hydroxylation sites is 1. The van der Waals surface area contributed by atoms with E-state index in [1.807, 2.05) is 27.7 Å². The van der Waals surface area contributed by atoms with E-state index in [4.69, 9.17) is 8.92 Å². The summed E-state index contributed by atoms with van der Waals surface area (Å²) in [5.74, 6) is -0.808. The predicted octanol–water partition coefficient (Wildman–Crippen LogP) is 4.32. The topological polar surface area (TPSA) is 84.9 Å². The lowest BCUT2D eigenvalue weighted by atomic mass is 10.1. The molecule has 0 fully saturated rings. The Kier molecular flexibility index (Phi) is 8.27. The third kappa shape index (κ3) is 6.33. The number of nitrogens with one attached hydrogen (secondary N) is 1. The Morgan fingerprint density at radius 1 is 1.13 bits per heavy atom. The van der Waals surface area contributed by atoms with Crippen LogP contribution in [-0.4, -0.2) is 38.5 Å². The SMILES string of the molecule is CCC(C)N(Cc1ccccc1OS(=O)(=O)c1ccc(OC)c(F)c1)C(=O)NC(C)C. The van der Waals surface area contributed by atoms with Crippen LogP contribution in [0.5, 0.6) is 11.5 Å². The van der Waals surface area contributed by atoms with Crippen LogP contribution in [0.4, 0.5) is 9.18 Å². The number of hydrogen-bond acceptors (Lipinski definition) is 5. The van der Waals surface area contributed by atoms with Gasteiger partial charge in [-0.15, -0.1) is 0 Å². The Labute approximate surface area is 183 Å². The van der Waals surface area contributed by atoms with E-state index in [0.29, 0.717) is 5.56 Å². The number of carbonyl (C=O) groups is 1. The minimum atomic E-state index is -4.30. The molecule has 7 nitrogen and oxygen atoms in total. The molecule has 0 aromatic heterocycles. The van der Waals surface area contributed by atoms with E-state index < -0.39 is 15.9 Å². The second-order valence-corrected chi connectivity index (χ2v) is 8.98. The fraction of sp³-hybridized carbons (Fsp3) is 0.409. The zero-order valence-electron chi connectivity index (χ0n) is 18.4. The molecule has 0 saturated carbocycles. The van der Waals surface area contributed by atoms with E-state index in [-0.39, 0.29) is 41.1 Å². The molecule has 0 heterocycles. The van der Waals surface area contributed by atoms with Crippen LogP contribution in [-0.2, 0) is 16.7 Å². The van der Waals surface area contributed by atoms with Gasteiger partial charge in [0.2, 0.25) is 0 Å². The first kappa shape index (κ1) is 24.5. The van der Waals surface area contributed by atoms with Crippen molar-refractivity contribution < 1.29 is 26.5 Å². The Balaban J connectivity index is 2.34. The second kappa shape index (κ2) is 10.5. The van der Waals surface area contributed by atoms with E-state index in [0.717, 1.165) is 12.5 Å².